The third-order valence-electron chi connectivity index (χ3n) is 6.88. The van der Waals surface area contributed by atoms with Crippen LogP contribution in [0.25, 0.3) is 22.3 Å². The van der Waals surface area contributed by atoms with Crippen LogP contribution in [-0.2, 0) is 16.1 Å². The van der Waals surface area contributed by atoms with Crippen molar-refractivity contribution in [2.45, 2.75) is 52.0 Å². The van der Waals surface area contributed by atoms with Crippen molar-refractivity contribution in [3.8, 4) is 11.3 Å². The second-order valence-electron chi connectivity index (χ2n) is 9.43. The van der Waals surface area contributed by atoms with Crippen molar-refractivity contribution in [1.29, 1.82) is 5.41 Å². The van der Waals surface area contributed by atoms with E-state index in [0.29, 0.717) is 25.0 Å². The van der Waals surface area contributed by atoms with Crippen LogP contribution in [0, 0.1) is 11.3 Å². The van der Waals surface area contributed by atoms with E-state index in [4.69, 9.17) is 20.2 Å². The molecular formula is C26H33N7O2. The number of ether oxygens (including phenoxy) is 1. The number of hydrogen-bond acceptors (Lipinski definition) is 7. The zero-order chi connectivity index (χ0) is 24.2. The van der Waals surface area contributed by atoms with Crippen LogP contribution < -0.4 is 10.2 Å². The highest BCUT2D eigenvalue weighted by Gasteiger charge is 2.23. The molecule has 1 saturated carbocycles. The van der Waals surface area contributed by atoms with Gasteiger partial charge in [0.2, 0.25) is 5.95 Å². The molecule has 0 spiro atoms. The van der Waals surface area contributed by atoms with Gasteiger partial charge in [-0.1, -0.05) is 25.5 Å². The van der Waals surface area contributed by atoms with E-state index in [1.54, 1.807) is 4.90 Å². The van der Waals surface area contributed by atoms with E-state index in [0.717, 1.165) is 85.3 Å². The first-order chi connectivity index (χ1) is 17.1. The topological polar surface area (TPSA) is 109 Å². The van der Waals surface area contributed by atoms with Crippen LogP contribution in [0.3, 0.4) is 0 Å². The summed E-state index contributed by atoms with van der Waals surface area (Å²) in [6.45, 7) is 5.04. The number of fused-ring (bicyclic) bond motifs is 1. The quantitative estimate of drug-likeness (QED) is 0.471. The molecule has 0 bridgehead atoms. The molecule has 35 heavy (non-hydrogen) atoms. The first kappa shape index (κ1) is 23.4. The van der Waals surface area contributed by atoms with Gasteiger partial charge < -0.3 is 20.4 Å². The molecule has 0 unspecified atom stereocenters. The molecule has 1 amide bonds. The van der Waals surface area contributed by atoms with E-state index in [-0.39, 0.29) is 12.5 Å². The van der Waals surface area contributed by atoms with Crippen LogP contribution in [0.15, 0.2) is 30.5 Å². The van der Waals surface area contributed by atoms with Gasteiger partial charge >= 0.3 is 0 Å². The normalized spacial score (nSPS) is 18.9. The molecule has 2 N–H and O–H groups in total. The number of morpholine rings is 1. The van der Waals surface area contributed by atoms with Gasteiger partial charge in [0.15, 0.2) is 5.65 Å². The third-order valence-corrected chi connectivity index (χ3v) is 6.88. The lowest BCUT2D eigenvalue weighted by Gasteiger charge is -2.26. The van der Waals surface area contributed by atoms with Crippen molar-refractivity contribution >= 4 is 34.3 Å². The highest BCUT2D eigenvalue weighted by Crippen LogP contribution is 2.31. The van der Waals surface area contributed by atoms with Gasteiger partial charge in [0, 0.05) is 42.8 Å². The maximum absolute atomic E-state index is 12.2. The highest BCUT2D eigenvalue weighted by atomic mass is 16.5. The fraction of sp³-hybridized carbons (Fsp3) is 0.500. The largest absolute Gasteiger partial charge is 0.370 e. The Balaban J connectivity index is 1.46. The summed E-state index contributed by atoms with van der Waals surface area (Å²) in [5.74, 6) is 1.10. The minimum absolute atomic E-state index is 0.0178. The average Bonchev–Trinajstić information content (AvgIpc) is 3.23. The number of unbranched alkanes of at least 4 members (excludes halogenated alkanes) is 1. The summed E-state index contributed by atoms with van der Waals surface area (Å²) < 4.78 is 7.28. The fourth-order valence-electron chi connectivity index (χ4n) is 4.80. The Labute approximate surface area is 205 Å². The molecule has 0 radical (unpaired) electrons. The Morgan fingerprint density at radius 2 is 2.00 bits per heavy atom. The minimum Gasteiger partial charge on any atom is -0.370 e. The maximum Gasteiger partial charge on any atom is 0.253 e. The predicted molar refractivity (Wildman–Crippen MR) is 137 cm³/mol. The Hall–Kier alpha value is -3.33. The molecule has 184 valence electrons. The number of carbonyl (C=O) groups is 1. The van der Waals surface area contributed by atoms with Gasteiger partial charge in [-0.3, -0.25) is 4.79 Å². The Bertz CT molecular complexity index is 1190. The van der Waals surface area contributed by atoms with Crippen molar-refractivity contribution in [1.82, 2.24) is 19.7 Å². The molecule has 3 aromatic rings. The molecule has 2 aliphatic rings. The zero-order valence-corrected chi connectivity index (χ0v) is 20.3. The van der Waals surface area contributed by atoms with E-state index >= 15 is 0 Å². The van der Waals surface area contributed by atoms with Crippen molar-refractivity contribution in [2.24, 2.45) is 5.92 Å². The smallest absolute Gasteiger partial charge is 0.253 e. The lowest BCUT2D eigenvalue weighted by molar-refractivity contribution is -0.125. The van der Waals surface area contributed by atoms with Gasteiger partial charge in [0.1, 0.15) is 12.3 Å². The van der Waals surface area contributed by atoms with E-state index in [9.17, 15) is 4.79 Å². The summed E-state index contributed by atoms with van der Waals surface area (Å²) in [5.41, 5.74) is 4.38. The van der Waals surface area contributed by atoms with Crippen LogP contribution in [0.4, 0.5) is 11.6 Å². The molecule has 5 rings (SSSR count). The number of amides is 1. The maximum atomic E-state index is 12.2. The molecule has 3 heterocycles. The number of nitrogens with zero attached hydrogens (tertiary/aromatic N) is 5. The molecule has 0 atom stereocenters. The van der Waals surface area contributed by atoms with Crippen molar-refractivity contribution in [2.75, 3.05) is 36.5 Å². The average molecular weight is 476 g/mol. The Morgan fingerprint density at radius 1 is 1.20 bits per heavy atom. The standard InChI is InChI=1S/C26H33N7O2/c1-2-3-12-28-26-29-15-22-24(19-6-10-21(11-7-19)32-13-14-35-17-23(32)34)31-33(25(22)30-26)16-18-4-8-20(27)9-5-18/h6-7,10-11,15,18,27H,2-5,8-9,12-14,16-17H2,1H3,(H,28,29,30). The number of benzene rings is 1. The molecule has 2 aromatic heterocycles. The lowest BCUT2D eigenvalue weighted by Crippen LogP contribution is -2.41. The monoisotopic (exact) mass is 475 g/mol. The van der Waals surface area contributed by atoms with Crippen molar-refractivity contribution in [3.63, 3.8) is 0 Å². The van der Waals surface area contributed by atoms with Crippen LogP contribution in [0.1, 0.15) is 45.4 Å². The van der Waals surface area contributed by atoms with Gasteiger partial charge in [-0.2, -0.15) is 10.1 Å². The van der Waals surface area contributed by atoms with Crippen molar-refractivity contribution in [3.05, 3.63) is 30.5 Å². The van der Waals surface area contributed by atoms with E-state index in [1.165, 1.54) is 0 Å². The van der Waals surface area contributed by atoms with E-state index < -0.39 is 0 Å². The fourth-order valence-corrected chi connectivity index (χ4v) is 4.80. The number of nitrogens with one attached hydrogen (secondary N) is 2. The molecule has 2 fully saturated rings. The van der Waals surface area contributed by atoms with Crippen LogP contribution >= 0.6 is 0 Å². The highest BCUT2D eigenvalue weighted by molar-refractivity contribution is 5.96. The second kappa shape index (κ2) is 10.5. The molecule has 1 aliphatic heterocycles. The zero-order valence-electron chi connectivity index (χ0n) is 20.3. The molecule has 1 aliphatic carbocycles. The molecule has 1 aromatic carbocycles. The SMILES string of the molecule is CCCCNc1ncc2c(-c3ccc(N4CCOCC4=O)cc3)nn(CC3CCC(=N)CC3)c2n1. The van der Waals surface area contributed by atoms with Gasteiger partial charge in [0.25, 0.3) is 5.91 Å². The first-order valence-electron chi connectivity index (χ1n) is 12.6. The van der Waals surface area contributed by atoms with Gasteiger partial charge in [0.05, 0.1) is 12.0 Å². The minimum atomic E-state index is -0.0178. The summed E-state index contributed by atoms with van der Waals surface area (Å²) in [6.07, 6.45) is 7.83. The Morgan fingerprint density at radius 3 is 2.74 bits per heavy atom. The summed E-state index contributed by atoms with van der Waals surface area (Å²) in [5, 5.41) is 17.2. The lowest BCUT2D eigenvalue weighted by atomic mass is 9.88. The van der Waals surface area contributed by atoms with Crippen LogP contribution in [0.5, 0.6) is 0 Å². The number of aromatic nitrogens is 4. The molecular weight excluding hydrogens is 442 g/mol. The number of hydrogen-bond donors (Lipinski definition) is 2. The van der Waals surface area contributed by atoms with Crippen molar-refractivity contribution < 1.29 is 9.53 Å². The van der Waals surface area contributed by atoms with Gasteiger partial charge in [-0.25, -0.2) is 9.67 Å². The van der Waals surface area contributed by atoms with E-state index in [1.807, 2.05) is 35.1 Å². The van der Waals surface area contributed by atoms with Gasteiger partial charge in [-0.15, -0.1) is 0 Å². The van der Waals surface area contributed by atoms with E-state index in [2.05, 4.69) is 17.2 Å². The summed E-state index contributed by atoms with van der Waals surface area (Å²) >= 11 is 0. The summed E-state index contributed by atoms with van der Waals surface area (Å²) in [4.78, 5) is 23.4. The number of carbonyl (C=O) groups excluding carboxylic acids is 1. The number of rotatable bonds is 8. The molecule has 9 nitrogen and oxygen atoms in total. The second-order valence-corrected chi connectivity index (χ2v) is 9.43. The number of anilines is 2. The third kappa shape index (κ3) is 5.19. The summed E-state index contributed by atoms with van der Waals surface area (Å²) in [7, 11) is 0. The van der Waals surface area contributed by atoms with Crippen LogP contribution in [-0.4, -0.2) is 57.7 Å². The first-order valence-corrected chi connectivity index (χ1v) is 12.6. The molecule has 9 heteroatoms. The van der Waals surface area contributed by atoms with Gasteiger partial charge in [-0.05, 0) is 50.2 Å². The summed E-state index contributed by atoms with van der Waals surface area (Å²) in [6, 6.07) is 7.97. The predicted octanol–water partition coefficient (Wildman–Crippen LogP) is 4.28. The molecule has 1 saturated heterocycles. The van der Waals surface area contributed by atoms with Crippen LogP contribution in [0.2, 0.25) is 0 Å². The Kier molecular flexibility index (Phi) is 7.03.